The summed E-state index contributed by atoms with van der Waals surface area (Å²) in [5.74, 6) is 3.16. The summed E-state index contributed by atoms with van der Waals surface area (Å²) >= 11 is 0. The Hall–Kier alpha value is -0.300. The van der Waals surface area contributed by atoms with E-state index in [1.807, 2.05) is 6.08 Å². The van der Waals surface area contributed by atoms with Crippen LogP contribution in [0.1, 0.15) is 19.3 Å². The summed E-state index contributed by atoms with van der Waals surface area (Å²) in [4.78, 5) is 0. The quantitative estimate of drug-likeness (QED) is 0.520. The van der Waals surface area contributed by atoms with Gasteiger partial charge in [-0.05, 0) is 42.9 Å². The van der Waals surface area contributed by atoms with Crippen molar-refractivity contribution in [3.63, 3.8) is 0 Å². The average molecular weight is 150 g/mol. The van der Waals surface area contributed by atoms with Crippen LogP contribution in [0.15, 0.2) is 12.2 Å². The largest absolute Gasteiger partial charge is 0.389 e. The molecule has 3 rings (SSSR count). The molecule has 0 aromatic carbocycles. The van der Waals surface area contributed by atoms with Crippen LogP contribution >= 0.6 is 0 Å². The lowest BCUT2D eigenvalue weighted by atomic mass is 9.80. The van der Waals surface area contributed by atoms with E-state index < -0.39 is 0 Å². The SMILES string of the molecule is O[C@@H]1C=C[C@H]2[C@H]3CC[C@@H](C3)[C@H]21. The maximum atomic E-state index is 9.63. The maximum Gasteiger partial charge on any atom is 0.0757 e. The molecule has 1 nitrogen and oxygen atoms in total. The summed E-state index contributed by atoms with van der Waals surface area (Å²) in [6, 6.07) is 0. The molecule has 2 bridgehead atoms. The van der Waals surface area contributed by atoms with Crippen LogP contribution in [0.5, 0.6) is 0 Å². The van der Waals surface area contributed by atoms with E-state index >= 15 is 0 Å². The molecule has 1 heteroatoms. The topological polar surface area (TPSA) is 20.2 Å². The summed E-state index contributed by atoms with van der Waals surface area (Å²) in [5, 5.41) is 9.63. The minimum absolute atomic E-state index is 0.102. The van der Waals surface area contributed by atoms with E-state index in [1.165, 1.54) is 19.3 Å². The normalized spacial score (nSPS) is 58.8. The van der Waals surface area contributed by atoms with E-state index in [4.69, 9.17) is 0 Å². The molecule has 2 fully saturated rings. The van der Waals surface area contributed by atoms with Gasteiger partial charge in [0.05, 0.1) is 6.10 Å². The van der Waals surface area contributed by atoms with Crippen molar-refractivity contribution in [3.8, 4) is 0 Å². The van der Waals surface area contributed by atoms with Crippen molar-refractivity contribution in [2.24, 2.45) is 23.7 Å². The highest BCUT2D eigenvalue weighted by atomic mass is 16.3. The summed E-state index contributed by atoms with van der Waals surface area (Å²) in [5.41, 5.74) is 0. The zero-order chi connectivity index (χ0) is 7.42. The number of rotatable bonds is 0. The minimum atomic E-state index is -0.102. The third-order valence-electron chi connectivity index (χ3n) is 3.97. The van der Waals surface area contributed by atoms with Crippen molar-refractivity contribution in [3.05, 3.63) is 12.2 Å². The Morgan fingerprint density at radius 2 is 1.91 bits per heavy atom. The van der Waals surface area contributed by atoms with Crippen LogP contribution in [0.3, 0.4) is 0 Å². The molecule has 5 atom stereocenters. The fourth-order valence-electron chi connectivity index (χ4n) is 3.54. The second-order valence-electron chi connectivity index (χ2n) is 4.36. The van der Waals surface area contributed by atoms with E-state index in [9.17, 15) is 5.11 Å². The van der Waals surface area contributed by atoms with Crippen LogP contribution in [-0.2, 0) is 0 Å². The Bertz CT molecular complexity index is 209. The molecule has 0 heterocycles. The van der Waals surface area contributed by atoms with Gasteiger partial charge in [0.25, 0.3) is 0 Å². The molecule has 0 saturated heterocycles. The first-order chi connectivity index (χ1) is 5.36. The highest BCUT2D eigenvalue weighted by Crippen LogP contribution is 2.56. The van der Waals surface area contributed by atoms with Crippen molar-refractivity contribution in [1.29, 1.82) is 0 Å². The van der Waals surface area contributed by atoms with Crippen LogP contribution in [0.4, 0.5) is 0 Å². The van der Waals surface area contributed by atoms with Gasteiger partial charge in [-0.15, -0.1) is 0 Å². The number of fused-ring (bicyclic) bond motifs is 5. The predicted octanol–water partition coefficient (Wildman–Crippen LogP) is 1.58. The number of aliphatic hydroxyl groups is 1. The summed E-state index contributed by atoms with van der Waals surface area (Å²) in [7, 11) is 0. The van der Waals surface area contributed by atoms with Gasteiger partial charge in [0.2, 0.25) is 0 Å². The van der Waals surface area contributed by atoms with Gasteiger partial charge in [0, 0.05) is 0 Å². The molecular formula is C10H14O. The number of aliphatic hydroxyl groups excluding tert-OH is 1. The Morgan fingerprint density at radius 3 is 2.73 bits per heavy atom. The standard InChI is InChI=1S/C10H14O/c11-9-4-3-8-6-1-2-7(5-6)10(8)9/h3-4,6-11H,1-2,5H2/t6-,7-,8-,9+,10+/m0/s1. The lowest BCUT2D eigenvalue weighted by Gasteiger charge is -2.26. The van der Waals surface area contributed by atoms with Gasteiger partial charge < -0.3 is 5.11 Å². The van der Waals surface area contributed by atoms with Gasteiger partial charge in [-0.1, -0.05) is 12.2 Å². The zero-order valence-corrected chi connectivity index (χ0v) is 6.61. The Morgan fingerprint density at radius 1 is 1.09 bits per heavy atom. The summed E-state index contributed by atoms with van der Waals surface area (Å²) in [6.45, 7) is 0. The lowest BCUT2D eigenvalue weighted by Crippen LogP contribution is -2.25. The number of hydrogen-bond donors (Lipinski definition) is 1. The molecule has 0 unspecified atom stereocenters. The average Bonchev–Trinajstić information content (AvgIpc) is 2.60. The Kier molecular flexibility index (Phi) is 1.07. The summed E-state index contributed by atoms with van der Waals surface area (Å²) < 4.78 is 0. The molecule has 1 N–H and O–H groups in total. The fourth-order valence-corrected chi connectivity index (χ4v) is 3.54. The van der Waals surface area contributed by atoms with Crippen LogP contribution < -0.4 is 0 Å². The number of hydrogen-bond acceptors (Lipinski definition) is 1. The van der Waals surface area contributed by atoms with Gasteiger partial charge in [-0.2, -0.15) is 0 Å². The molecule has 60 valence electrons. The molecule has 2 saturated carbocycles. The monoisotopic (exact) mass is 150 g/mol. The molecule has 0 radical (unpaired) electrons. The van der Waals surface area contributed by atoms with Crippen LogP contribution in [0, 0.1) is 23.7 Å². The van der Waals surface area contributed by atoms with Crippen LogP contribution in [0.2, 0.25) is 0 Å². The Labute approximate surface area is 67.1 Å². The van der Waals surface area contributed by atoms with E-state index in [0.717, 1.165) is 17.8 Å². The molecule has 0 amide bonds. The van der Waals surface area contributed by atoms with E-state index in [-0.39, 0.29) is 6.10 Å². The highest BCUT2D eigenvalue weighted by Gasteiger charge is 2.50. The fraction of sp³-hybridized carbons (Fsp3) is 0.800. The van der Waals surface area contributed by atoms with Gasteiger partial charge in [0.15, 0.2) is 0 Å². The number of allylic oxidation sites excluding steroid dienone is 1. The van der Waals surface area contributed by atoms with Crippen molar-refractivity contribution >= 4 is 0 Å². The molecule has 0 aliphatic heterocycles. The third kappa shape index (κ3) is 0.652. The van der Waals surface area contributed by atoms with Gasteiger partial charge in [0.1, 0.15) is 0 Å². The highest BCUT2D eigenvalue weighted by molar-refractivity contribution is 5.16. The van der Waals surface area contributed by atoms with Crippen molar-refractivity contribution in [2.75, 3.05) is 0 Å². The Balaban J connectivity index is 1.96. The van der Waals surface area contributed by atoms with E-state index in [1.54, 1.807) is 0 Å². The first-order valence-electron chi connectivity index (χ1n) is 4.72. The molecule has 3 aliphatic rings. The lowest BCUT2D eigenvalue weighted by molar-refractivity contribution is 0.105. The minimum Gasteiger partial charge on any atom is -0.389 e. The third-order valence-corrected chi connectivity index (χ3v) is 3.97. The van der Waals surface area contributed by atoms with E-state index in [2.05, 4.69) is 6.08 Å². The molecule has 0 aromatic rings. The first kappa shape index (κ1) is 6.24. The van der Waals surface area contributed by atoms with Gasteiger partial charge in [-0.3, -0.25) is 0 Å². The van der Waals surface area contributed by atoms with Gasteiger partial charge >= 0.3 is 0 Å². The van der Waals surface area contributed by atoms with Crippen molar-refractivity contribution in [2.45, 2.75) is 25.4 Å². The van der Waals surface area contributed by atoms with Crippen LogP contribution in [0.25, 0.3) is 0 Å². The van der Waals surface area contributed by atoms with Crippen molar-refractivity contribution < 1.29 is 5.11 Å². The molecular weight excluding hydrogens is 136 g/mol. The smallest absolute Gasteiger partial charge is 0.0757 e. The van der Waals surface area contributed by atoms with E-state index in [0.29, 0.717) is 5.92 Å². The molecule has 0 spiro atoms. The molecule has 3 aliphatic carbocycles. The zero-order valence-electron chi connectivity index (χ0n) is 6.61. The van der Waals surface area contributed by atoms with Crippen LogP contribution in [-0.4, -0.2) is 11.2 Å². The molecule has 0 aromatic heterocycles. The van der Waals surface area contributed by atoms with Gasteiger partial charge in [-0.25, -0.2) is 0 Å². The maximum absolute atomic E-state index is 9.63. The summed E-state index contributed by atoms with van der Waals surface area (Å²) in [6.07, 6.45) is 8.37. The second kappa shape index (κ2) is 1.89. The predicted molar refractivity (Wildman–Crippen MR) is 43.0 cm³/mol. The first-order valence-corrected chi connectivity index (χ1v) is 4.72. The second-order valence-corrected chi connectivity index (χ2v) is 4.36. The van der Waals surface area contributed by atoms with Crippen molar-refractivity contribution in [1.82, 2.24) is 0 Å². The molecule has 11 heavy (non-hydrogen) atoms.